The van der Waals surface area contributed by atoms with Gasteiger partial charge >= 0.3 is 6.03 Å². The summed E-state index contributed by atoms with van der Waals surface area (Å²) in [5.41, 5.74) is 0. The summed E-state index contributed by atoms with van der Waals surface area (Å²) in [5.74, 6) is 0.364. The second-order valence-electron chi connectivity index (χ2n) is 5.41. The minimum atomic E-state index is -0.0649. The topological polar surface area (TPSA) is 64.7 Å². The smallest absolute Gasteiger partial charge is 0.320 e. The maximum atomic E-state index is 12.1. The van der Waals surface area contributed by atoms with E-state index >= 15 is 0 Å². The number of nitrogens with zero attached hydrogens (tertiary/aromatic N) is 2. The molecule has 0 aromatic heterocycles. The van der Waals surface area contributed by atoms with Crippen molar-refractivity contribution in [1.82, 2.24) is 20.4 Å². The Morgan fingerprint density at radius 1 is 1.56 bits per heavy atom. The second kappa shape index (κ2) is 5.56. The van der Waals surface area contributed by atoms with Gasteiger partial charge in [-0.25, -0.2) is 4.79 Å². The van der Waals surface area contributed by atoms with E-state index in [2.05, 4.69) is 10.6 Å². The molecule has 18 heavy (non-hydrogen) atoms. The third-order valence-electron chi connectivity index (χ3n) is 3.34. The molecule has 2 N–H and O–H groups in total. The van der Waals surface area contributed by atoms with Gasteiger partial charge < -0.3 is 20.4 Å². The lowest BCUT2D eigenvalue weighted by molar-refractivity contribution is -0.121. The Morgan fingerprint density at radius 2 is 2.33 bits per heavy atom. The predicted molar refractivity (Wildman–Crippen MR) is 68.2 cm³/mol. The van der Waals surface area contributed by atoms with E-state index in [-0.39, 0.29) is 24.5 Å². The van der Waals surface area contributed by atoms with Crippen molar-refractivity contribution in [2.24, 2.45) is 5.92 Å². The molecule has 2 aliphatic rings. The first-order valence-electron chi connectivity index (χ1n) is 6.61. The third kappa shape index (κ3) is 2.93. The van der Waals surface area contributed by atoms with Gasteiger partial charge in [0, 0.05) is 32.7 Å². The summed E-state index contributed by atoms with van der Waals surface area (Å²) in [7, 11) is 0. The standard InChI is InChI=1S/C12H22N4O2/c1-9(2)5-14-11(17)8-15-7-10-6-13-3-4-16(10)12(15)18/h9-10,13H,3-8H2,1-2H3,(H,14,17). The van der Waals surface area contributed by atoms with E-state index in [1.807, 2.05) is 18.7 Å². The quantitative estimate of drug-likeness (QED) is 0.709. The van der Waals surface area contributed by atoms with E-state index < -0.39 is 0 Å². The number of piperazine rings is 1. The summed E-state index contributed by atoms with van der Waals surface area (Å²) < 4.78 is 0. The van der Waals surface area contributed by atoms with Gasteiger partial charge in [-0.3, -0.25) is 4.79 Å². The van der Waals surface area contributed by atoms with Crippen molar-refractivity contribution in [2.45, 2.75) is 19.9 Å². The largest absolute Gasteiger partial charge is 0.354 e. The molecule has 0 saturated carbocycles. The number of amides is 3. The minimum Gasteiger partial charge on any atom is -0.354 e. The van der Waals surface area contributed by atoms with Gasteiger partial charge in [0.15, 0.2) is 0 Å². The van der Waals surface area contributed by atoms with Crippen LogP contribution in [0, 0.1) is 5.92 Å². The van der Waals surface area contributed by atoms with Crippen LogP contribution in [-0.2, 0) is 4.79 Å². The number of hydrogen-bond donors (Lipinski definition) is 2. The van der Waals surface area contributed by atoms with Gasteiger partial charge in [-0.2, -0.15) is 0 Å². The average Bonchev–Trinajstić information content (AvgIpc) is 2.65. The molecule has 0 aliphatic carbocycles. The number of nitrogens with one attached hydrogen (secondary N) is 2. The minimum absolute atomic E-state index is 0.00111. The maximum absolute atomic E-state index is 12.1. The molecular weight excluding hydrogens is 232 g/mol. The SMILES string of the molecule is CC(C)CNC(=O)CN1CC2CNCCN2C1=O. The Labute approximate surface area is 108 Å². The van der Waals surface area contributed by atoms with Crippen LogP contribution in [0.3, 0.4) is 0 Å². The van der Waals surface area contributed by atoms with Gasteiger partial charge in [0.1, 0.15) is 6.54 Å². The molecule has 0 spiro atoms. The van der Waals surface area contributed by atoms with Crippen molar-refractivity contribution < 1.29 is 9.59 Å². The number of urea groups is 1. The van der Waals surface area contributed by atoms with Crippen LogP contribution < -0.4 is 10.6 Å². The van der Waals surface area contributed by atoms with Crippen molar-refractivity contribution in [3.8, 4) is 0 Å². The lowest BCUT2D eigenvalue weighted by Gasteiger charge is -2.28. The van der Waals surface area contributed by atoms with Gasteiger partial charge in [0.25, 0.3) is 0 Å². The van der Waals surface area contributed by atoms with Crippen molar-refractivity contribution in [2.75, 3.05) is 39.3 Å². The highest BCUT2D eigenvalue weighted by Crippen LogP contribution is 2.16. The van der Waals surface area contributed by atoms with Crippen LogP contribution in [0.4, 0.5) is 4.79 Å². The molecule has 0 radical (unpaired) electrons. The fourth-order valence-corrected chi connectivity index (χ4v) is 2.37. The molecule has 2 rings (SSSR count). The highest BCUT2D eigenvalue weighted by molar-refractivity contribution is 5.85. The van der Waals surface area contributed by atoms with Crippen molar-refractivity contribution in [3.63, 3.8) is 0 Å². The molecular formula is C12H22N4O2. The van der Waals surface area contributed by atoms with Crippen LogP contribution in [0.15, 0.2) is 0 Å². The number of carbonyl (C=O) groups is 2. The van der Waals surface area contributed by atoms with E-state index in [1.54, 1.807) is 4.90 Å². The molecule has 102 valence electrons. The van der Waals surface area contributed by atoms with E-state index in [0.29, 0.717) is 19.0 Å². The summed E-state index contributed by atoms with van der Waals surface area (Å²) in [6.07, 6.45) is 0. The lowest BCUT2D eigenvalue weighted by Crippen LogP contribution is -2.50. The summed E-state index contributed by atoms with van der Waals surface area (Å²) in [4.78, 5) is 27.3. The van der Waals surface area contributed by atoms with Gasteiger partial charge in [-0.15, -0.1) is 0 Å². The van der Waals surface area contributed by atoms with Gasteiger partial charge in [-0.1, -0.05) is 13.8 Å². The number of fused-ring (bicyclic) bond motifs is 1. The van der Waals surface area contributed by atoms with Gasteiger partial charge in [0.2, 0.25) is 5.91 Å². The fraction of sp³-hybridized carbons (Fsp3) is 0.833. The molecule has 6 nitrogen and oxygen atoms in total. The molecule has 0 aromatic carbocycles. The van der Waals surface area contributed by atoms with Crippen molar-refractivity contribution in [1.29, 1.82) is 0 Å². The Morgan fingerprint density at radius 3 is 3.00 bits per heavy atom. The molecule has 1 atom stereocenters. The van der Waals surface area contributed by atoms with Crippen LogP contribution in [0.1, 0.15) is 13.8 Å². The zero-order valence-electron chi connectivity index (χ0n) is 11.1. The summed E-state index contributed by atoms with van der Waals surface area (Å²) >= 11 is 0. The van der Waals surface area contributed by atoms with Gasteiger partial charge in [0.05, 0.1) is 6.04 Å². The maximum Gasteiger partial charge on any atom is 0.320 e. The highest BCUT2D eigenvalue weighted by atomic mass is 16.2. The first-order valence-corrected chi connectivity index (χ1v) is 6.61. The molecule has 0 bridgehead atoms. The molecule has 2 aliphatic heterocycles. The number of hydrogen-bond acceptors (Lipinski definition) is 3. The van der Waals surface area contributed by atoms with Crippen LogP contribution >= 0.6 is 0 Å². The predicted octanol–water partition coefficient (Wildman–Crippen LogP) is -0.532. The summed E-state index contributed by atoms with van der Waals surface area (Å²) in [6.45, 7) is 8.01. The Hall–Kier alpha value is -1.30. The fourth-order valence-electron chi connectivity index (χ4n) is 2.37. The third-order valence-corrected chi connectivity index (χ3v) is 3.34. The molecule has 2 heterocycles. The summed E-state index contributed by atoms with van der Waals surface area (Å²) in [5, 5.41) is 6.11. The van der Waals surface area contributed by atoms with E-state index in [1.165, 1.54) is 0 Å². The van der Waals surface area contributed by atoms with Gasteiger partial charge in [-0.05, 0) is 5.92 Å². The van der Waals surface area contributed by atoms with E-state index in [4.69, 9.17) is 0 Å². The van der Waals surface area contributed by atoms with Crippen LogP contribution in [0.2, 0.25) is 0 Å². The normalized spacial score (nSPS) is 23.5. The molecule has 6 heteroatoms. The zero-order valence-corrected chi connectivity index (χ0v) is 11.1. The average molecular weight is 254 g/mol. The van der Waals surface area contributed by atoms with Crippen molar-refractivity contribution >= 4 is 11.9 Å². The molecule has 2 saturated heterocycles. The van der Waals surface area contributed by atoms with Crippen molar-refractivity contribution in [3.05, 3.63) is 0 Å². The first kappa shape index (κ1) is 13.1. The summed E-state index contributed by atoms with van der Waals surface area (Å²) in [6, 6.07) is 0.227. The van der Waals surface area contributed by atoms with E-state index in [0.717, 1.165) is 19.6 Å². The molecule has 0 aromatic rings. The number of rotatable bonds is 4. The highest BCUT2D eigenvalue weighted by Gasteiger charge is 2.38. The van der Waals surface area contributed by atoms with Crippen LogP contribution in [0.25, 0.3) is 0 Å². The zero-order chi connectivity index (χ0) is 13.1. The Bertz CT molecular complexity index is 332. The first-order chi connectivity index (χ1) is 8.58. The monoisotopic (exact) mass is 254 g/mol. The number of carbonyl (C=O) groups excluding carboxylic acids is 2. The Balaban J connectivity index is 1.83. The molecule has 1 unspecified atom stereocenters. The second-order valence-corrected chi connectivity index (χ2v) is 5.41. The molecule has 3 amide bonds. The van der Waals surface area contributed by atoms with Crippen LogP contribution in [-0.4, -0.2) is 67.0 Å². The van der Waals surface area contributed by atoms with E-state index in [9.17, 15) is 9.59 Å². The van der Waals surface area contributed by atoms with Crippen LogP contribution in [0.5, 0.6) is 0 Å². The lowest BCUT2D eigenvalue weighted by atomic mass is 10.2. The molecule has 2 fully saturated rings. The Kier molecular flexibility index (Phi) is 4.06.